The highest BCUT2D eigenvalue weighted by Gasteiger charge is 2.07. The van der Waals surface area contributed by atoms with E-state index in [0.29, 0.717) is 18.1 Å². The van der Waals surface area contributed by atoms with Crippen LogP contribution in [0.1, 0.15) is 16.7 Å². The van der Waals surface area contributed by atoms with E-state index in [1.165, 1.54) is 18.2 Å². The molecule has 0 aliphatic heterocycles. The number of carbonyl (C=O) groups excluding carboxylic acids is 1. The van der Waals surface area contributed by atoms with Gasteiger partial charge in [-0.25, -0.2) is 4.39 Å². The molecule has 4 nitrogen and oxygen atoms in total. The van der Waals surface area contributed by atoms with Crippen LogP contribution < -0.4 is 14.8 Å². The molecule has 0 fully saturated rings. The number of methoxy groups -OCH3 is 1. The molecule has 5 heteroatoms. The predicted octanol–water partition coefficient (Wildman–Crippen LogP) is 5.37. The van der Waals surface area contributed by atoms with Crippen LogP contribution >= 0.6 is 0 Å². The van der Waals surface area contributed by atoms with E-state index in [-0.39, 0.29) is 5.69 Å². The largest absolute Gasteiger partial charge is 0.493 e. The standard InChI is InChI=1S/C24H22FNO3/c1-17-7-3-4-8-19(17)16-29-22-13-11-18(15-23(22)28-2)12-14-24(27)26-21-10-6-5-9-20(21)25/h3-15H,16H2,1-2H3,(H,26,27). The van der Waals surface area contributed by atoms with Crippen molar-refractivity contribution in [2.24, 2.45) is 0 Å². The van der Waals surface area contributed by atoms with Gasteiger partial charge >= 0.3 is 0 Å². The van der Waals surface area contributed by atoms with Gasteiger partial charge in [0.2, 0.25) is 5.91 Å². The maximum Gasteiger partial charge on any atom is 0.248 e. The van der Waals surface area contributed by atoms with Gasteiger partial charge in [-0.3, -0.25) is 4.79 Å². The molecule has 3 aromatic carbocycles. The van der Waals surface area contributed by atoms with Crippen molar-refractivity contribution in [1.82, 2.24) is 0 Å². The second kappa shape index (κ2) is 9.55. The number of ether oxygens (including phenoxy) is 2. The molecule has 0 bridgehead atoms. The molecule has 148 valence electrons. The predicted molar refractivity (Wildman–Crippen MR) is 113 cm³/mol. The number of carbonyl (C=O) groups is 1. The average Bonchev–Trinajstić information content (AvgIpc) is 2.73. The summed E-state index contributed by atoms with van der Waals surface area (Å²) in [5.41, 5.74) is 3.16. The van der Waals surface area contributed by atoms with Crippen LogP contribution in [0.25, 0.3) is 6.08 Å². The second-order valence-electron chi connectivity index (χ2n) is 6.43. The van der Waals surface area contributed by atoms with Gasteiger partial charge in [0.1, 0.15) is 12.4 Å². The number of para-hydroxylation sites is 1. The van der Waals surface area contributed by atoms with Gasteiger partial charge in [-0.2, -0.15) is 0 Å². The molecule has 3 rings (SSSR count). The Morgan fingerprint density at radius 1 is 1.03 bits per heavy atom. The van der Waals surface area contributed by atoms with Crippen molar-refractivity contribution in [2.75, 3.05) is 12.4 Å². The fourth-order valence-corrected chi connectivity index (χ4v) is 2.74. The first-order chi connectivity index (χ1) is 14.1. The van der Waals surface area contributed by atoms with Crippen molar-refractivity contribution in [3.05, 3.63) is 95.3 Å². The van der Waals surface area contributed by atoms with Gasteiger partial charge in [-0.15, -0.1) is 0 Å². The van der Waals surface area contributed by atoms with Gasteiger partial charge in [0.25, 0.3) is 0 Å². The number of halogens is 1. The van der Waals surface area contributed by atoms with Crippen molar-refractivity contribution in [3.63, 3.8) is 0 Å². The fourth-order valence-electron chi connectivity index (χ4n) is 2.74. The van der Waals surface area contributed by atoms with E-state index in [4.69, 9.17) is 9.47 Å². The van der Waals surface area contributed by atoms with Crippen LogP contribution in [0, 0.1) is 12.7 Å². The molecule has 0 atom stereocenters. The molecular weight excluding hydrogens is 369 g/mol. The van der Waals surface area contributed by atoms with Gasteiger partial charge in [0, 0.05) is 6.08 Å². The molecule has 0 radical (unpaired) electrons. The van der Waals surface area contributed by atoms with Crippen LogP contribution in [0.15, 0.2) is 72.8 Å². The minimum atomic E-state index is -0.480. The summed E-state index contributed by atoms with van der Waals surface area (Å²) in [4.78, 5) is 12.0. The average molecular weight is 391 g/mol. The Morgan fingerprint density at radius 3 is 2.55 bits per heavy atom. The molecule has 0 saturated heterocycles. The number of anilines is 1. The molecule has 0 unspecified atom stereocenters. The van der Waals surface area contributed by atoms with Crippen LogP contribution in [0.3, 0.4) is 0 Å². The third-order valence-electron chi connectivity index (χ3n) is 4.39. The van der Waals surface area contributed by atoms with E-state index in [9.17, 15) is 9.18 Å². The van der Waals surface area contributed by atoms with Crippen LogP contribution in [-0.4, -0.2) is 13.0 Å². The Balaban J connectivity index is 1.66. The van der Waals surface area contributed by atoms with Crippen molar-refractivity contribution >= 4 is 17.7 Å². The summed E-state index contributed by atoms with van der Waals surface area (Å²) < 4.78 is 24.9. The van der Waals surface area contributed by atoms with E-state index < -0.39 is 11.7 Å². The van der Waals surface area contributed by atoms with E-state index >= 15 is 0 Å². The molecule has 0 aliphatic carbocycles. The first kappa shape index (κ1) is 20.1. The molecule has 29 heavy (non-hydrogen) atoms. The molecule has 0 heterocycles. The zero-order valence-electron chi connectivity index (χ0n) is 16.3. The van der Waals surface area contributed by atoms with Crippen molar-refractivity contribution in [2.45, 2.75) is 13.5 Å². The molecule has 1 amide bonds. The van der Waals surface area contributed by atoms with Crippen molar-refractivity contribution in [1.29, 1.82) is 0 Å². The number of hydrogen-bond donors (Lipinski definition) is 1. The summed E-state index contributed by atoms with van der Waals surface area (Å²) in [6.45, 7) is 2.47. The number of hydrogen-bond acceptors (Lipinski definition) is 3. The topological polar surface area (TPSA) is 47.6 Å². The van der Waals surface area contributed by atoms with Crippen LogP contribution in [0.2, 0.25) is 0 Å². The Kier molecular flexibility index (Phi) is 6.63. The lowest BCUT2D eigenvalue weighted by molar-refractivity contribution is -0.111. The molecule has 1 N–H and O–H groups in total. The zero-order chi connectivity index (χ0) is 20.6. The summed E-state index contributed by atoms with van der Waals surface area (Å²) in [6, 6.07) is 19.4. The Hall–Kier alpha value is -3.60. The third kappa shape index (κ3) is 5.45. The zero-order valence-corrected chi connectivity index (χ0v) is 16.3. The van der Waals surface area contributed by atoms with Crippen LogP contribution in [0.4, 0.5) is 10.1 Å². The highest BCUT2D eigenvalue weighted by molar-refractivity contribution is 6.02. The number of amides is 1. The molecule has 3 aromatic rings. The highest BCUT2D eigenvalue weighted by atomic mass is 19.1. The summed E-state index contributed by atoms with van der Waals surface area (Å²) in [5.74, 6) is 0.277. The monoisotopic (exact) mass is 391 g/mol. The lowest BCUT2D eigenvalue weighted by Crippen LogP contribution is -2.09. The first-order valence-corrected chi connectivity index (χ1v) is 9.16. The molecule has 0 aliphatic rings. The molecule has 0 saturated carbocycles. The van der Waals surface area contributed by atoms with Crippen molar-refractivity contribution in [3.8, 4) is 11.5 Å². The Labute approximate surface area is 169 Å². The summed E-state index contributed by atoms with van der Waals surface area (Å²) >= 11 is 0. The van der Waals surface area contributed by atoms with Gasteiger partial charge in [0.05, 0.1) is 12.8 Å². The molecule has 0 aromatic heterocycles. The van der Waals surface area contributed by atoms with Gasteiger partial charge in [-0.1, -0.05) is 42.5 Å². The maximum atomic E-state index is 13.6. The van der Waals surface area contributed by atoms with E-state index in [1.54, 1.807) is 37.5 Å². The molecule has 0 spiro atoms. The Morgan fingerprint density at radius 2 is 1.79 bits per heavy atom. The maximum absolute atomic E-state index is 13.6. The van der Waals surface area contributed by atoms with Gasteiger partial charge < -0.3 is 14.8 Å². The smallest absolute Gasteiger partial charge is 0.248 e. The number of aryl methyl sites for hydroxylation is 1. The van der Waals surface area contributed by atoms with Crippen molar-refractivity contribution < 1.29 is 18.7 Å². The minimum Gasteiger partial charge on any atom is -0.493 e. The van der Waals surface area contributed by atoms with Crippen LogP contribution in [0.5, 0.6) is 11.5 Å². The van der Waals surface area contributed by atoms with Gasteiger partial charge in [-0.05, 0) is 54.0 Å². The second-order valence-corrected chi connectivity index (χ2v) is 6.43. The molecular formula is C24H22FNO3. The SMILES string of the molecule is COc1cc(C=CC(=O)Nc2ccccc2F)ccc1OCc1ccccc1C. The fraction of sp³-hybridized carbons (Fsp3) is 0.125. The number of nitrogens with one attached hydrogen (secondary N) is 1. The van der Waals surface area contributed by atoms with E-state index in [0.717, 1.165) is 16.7 Å². The summed E-state index contributed by atoms with van der Waals surface area (Å²) in [5, 5.41) is 2.51. The minimum absolute atomic E-state index is 0.139. The van der Waals surface area contributed by atoms with E-state index in [1.807, 2.05) is 37.3 Å². The lowest BCUT2D eigenvalue weighted by atomic mass is 10.1. The summed E-state index contributed by atoms with van der Waals surface area (Å²) in [6.07, 6.45) is 2.97. The lowest BCUT2D eigenvalue weighted by Gasteiger charge is -2.12. The van der Waals surface area contributed by atoms with Gasteiger partial charge in [0.15, 0.2) is 11.5 Å². The number of rotatable bonds is 7. The third-order valence-corrected chi connectivity index (χ3v) is 4.39. The quantitative estimate of drug-likeness (QED) is 0.551. The van der Waals surface area contributed by atoms with E-state index in [2.05, 4.69) is 5.32 Å². The summed E-state index contributed by atoms with van der Waals surface area (Å²) in [7, 11) is 1.56. The normalized spacial score (nSPS) is 10.7. The highest BCUT2D eigenvalue weighted by Crippen LogP contribution is 2.29. The van der Waals surface area contributed by atoms with Crippen LogP contribution in [-0.2, 0) is 11.4 Å². The Bertz CT molecular complexity index is 1030. The number of benzene rings is 3. The first-order valence-electron chi connectivity index (χ1n) is 9.16.